The molecule has 0 amide bonds. The van der Waals surface area contributed by atoms with Gasteiger partial charge in [0, 0.05) is 0 Å². The second-order valence-corrected chi connectivity index (χ2v) is 5.44. The maximum absolute atomic E-state index is 10.5. The molecule has 0 unspecified atom stereocenters. The summed E-state index contributed by atoms with van der Waals surface area (Å²) in [5.41, 5.74) is 1.05. The number of carboxylic acids is 1. The molecular weight excluding hydrogens is 264 g/mol. The molecule has 0 aliphatic heterocycles. The first-order chi connectivity index (χ1) is 9.21. The van der Waals surface area contributed by atoms with Crippen molar-refractivity contribution in [3.8, 4) is 0 Å². The van der Waals surface area contributed by atoms with Crippen molar-refractivity contribution in [3.05, 3.63) is 41.7 Å². The second kappa shape index (κ2) is 4.70. The molecule has 0 bridgehead atoms. The van der Waals surface area contributed by atoms with Gasteiger partial charge in [-0.1, -0.05) is 47.3 Å². The lowest BCUT2D eigenvalue weighted by atomic mass is 9.95. The lowest BCUT2D eigenvalue weighted by molar-refractivity contribution is -0.133. The number of hydrogen-bond acceptors (Lipinski definition) is 5. The van der Waals surface area contributed by atoms with E-state index >= 15 is 0 Å². The summed E-state index contributed by atoms with van der Waals surface area (Å²) in [4.78, 5) is 14.8. The van der Waals surface area contributed by atoms with Crippen LogP contribution in [-0.4, -0.2) is 27.0 Å². The molecule has 1 heterocycles. The molecule has 2 aromatic rings. The van der Waals surface area contributed by atoms with Gasteiger partial charge in [-0.3, -0.25) is 4.79 Å². The van der Waals surface area contributed by atoms with Gasteiger partial charge in [-0.2, -0.15) is 4.98 Å². The summed E-state index contributed by atoms with van der Waals surface area (Å²) in [7, 11) is 0. The Bertz CT molecular complexity index is 593. The van der Waals surface area contributed by atoms with Crippen LogP contribution in [0.2, 0.25) is 0 Å². The topological polar surface area (TPSA) is 76.2 Å². The Balaban J connectivity index is 1.81. The van der Waals surface area contributed by atoms with Crippen LogP contribution in [0.3, 0.4) is 0 Å². The Morgan fingerprint density at radius 2 is 2.11 bits per heavy atom. The van der Waals surface area contributed by atoms with Gasteiger partial charge in [0.25, 0.3) is 5.22 Å². The van der Waals surface area contributed by atoms with Gasteiger partial charge in [0.1, 0.15) is 5.75 Å². The van der Waals surface area contributed by atoms with Gasteiger partial charge in [-0.25, -0.2) is 0 Å². The quantitative estimate of drug-likeness (QED) is 0.845. The van der Waals surface area contributed by atoms with Crippen molar-refractivity contribution in [2.45, 2.75) is 23.5 Å². The van der Waals surface area contributed by atoms with E-state index < -0.39 is 5.97 Å². The second-order valence-electron chi connectivity index (χ2n) is 4.51. The Hall–Kier alpha value is -1.82. The van der Waals surface area contributed by atoms with E-state index in [1.54, 1.807) is 0 Å². The summed E-state index contributed by atoms with van der Waals surface area (Å²) in [5, 5.41) is 12.9. The molecule has 98 valence electrons. The van der Waals surface area contributed by atoms with E-state index in [1.165, 1.54) is 5.56 Å². The highest BCUT2D eigenvalue weighted by Gasteiger charge is 2.49. The standard InChI is InChI=1S/C13H12N2O3S/c16-10(17)8-19-12-14-11(15-18-12)13(6-7-13)9-4-2-1-3-5-9/h1-5H,6-8H2,(H,16,17). The maximum atomic E-state index is 10.5. The average Bonchev–Trinajstić information content (AvgIpc) is 3.10. The van der Waals surface area contributed by atoms with Crippen LogP contribution in [0.5, 0.6) is 0 Å². The third-order valence-electron chi connectivity index (χ3n) is 3.23. The van der Waals surface area contributed by atoms with E-state index in [9.17, 15) is 4.79 Å². The average molecular weight is 276 g/mol. The predicted molar refractivity (Wildman–Crippen MR) is 69.1 cm³/mol. The zero-order valence-electron chi connectivity index (χ0n) is 10.1. The van der Waals surface area contributed by atoms with E-state index in [2.05, 4.69) is 22.3 Å². The highest BCUT2D eigenvalue weighted by Crippen LogP contribution is 2.52. The third kappa shape index (κ3) is 2.35. The molecule has 3 rings (SSSR count). The van der Waals surface area contributed by atoms with Crippen molar-refractivity contribution in [3.63, 3.8) is 0 Å². The van der Waals surface area contributed by atoms with Crippen molar-refractivity contribution in [2.24, 2.45) is 0 Å². The van der Waals surface area contributed by atoms with Crippen LogP contribution in [0.25, 0.3) is 0 Å². The number of benzene rings is 1. The van der Waals surface area contributed by atoms with Crippen molar-refractivity contribution in [1.82, 2.24) is 10.1 Å². The number of hydrogen-bond donors (Lipinski definition) is 1. The summed E-state index contributed by atoms with van der Waals surface area (Å²) in [6, 6.07) is 10.1. The molecule has 6 heteroatoms. The minimum absolute atomic E-state index is 0.0695. The minimum atomic E-state index is -0.894. The summed E-state index contributed by atoms with van der Waals surface area (Å²) >= 11 is 1.05. The van der Waals surface area contributed by atoms with E-state index in [1.807, 2.05) is 18.2 Å². The molecule has 0 spiro atoms. The van der Waals surface area contributed by atoms with E-state index in [0.717, 1.165) is 24.6 Å². The lowest BCUT2D eigenvalue weighted by Crippen LogP contribution is -2.10. The van der Waals surface area contributed by atoms with Crippen LogP contribution in [0.15, 0.2) is 40.1 Å². The van der Waals surface area contributed by atoms with Crippen LogP contribution >= 0.6 is 11.8 Å². The number of rotatable bonds is 5. The van der Waals surface area contributed by atoms with Crippen LogP contribution in [0.4, 0.5) is 0 Å². The number of aromatic nitrogens is 2. The fourth-order valence-electron chi connectivity index (χ4n) is 2.11. The number of thioether (sulfide) groups is 1. The summed E-state index contributed by atoms with van der Waals surface area (Å²) in [6.07, 6.45) is 2.00. The van der Waals surface area contributed by atoms with Crippen LogP contribution in [0, 0.1) is 0 Å². The van der Waals surface area contributed by atoms with E-state index in [4.69, 9.17) is 9.63 Å². The molecule has 1 saturated carbocycles. The first-order valence-electron chi connectivity index (χ1n) is 5.95. The largest absolute Gasteiger partial charge is 0.481 e. The van der Waals surface area contributed by atoms with E-state index in [0.29, 0.717) is 11.0 Å². The number of carboxylic acid groups (broad SMARTS) is 1. The lowest BCUT2D eigenvalue weighted by Gasteiger charge is -2.09. The molecule has 19 heavy (non-hydrogen) atoms. The molecule has 1 N–H and O–H groups in total. The van der Waals surface area contributed by atoms with Gasteiger partial charge in [0.2, 0.25) is 0 Å². The fourth-order valence-corrected chi connectivity index (χ4v) is 2.60. The fraction of sp³-hybridized carbons (Fsp3) is 0.308. The summed E-state index contributed by atoms with van der Waals surface area (Å²) < 4.78 is 5.10. The first kappa shape index (κ1) is 12.2. The minimum Gasteiger partial charge on any atom is -0.481 e. The van der Waals surface area contributed by atoms with Crippen molar-refractivity contribution in [1.29, 1.82) is 0 Å². The van der Waals surface area contributed by atoms with Crippen LogP contribution < -0.4 is 0 Å². The van der Waals surface area contributed by atoms with Gasteiger partial charge in [0.05, 0.1) is 5.41 Å². The summed E-state index contributed by atoms with van der Waals surface area (Å²) in [5.74, 6) is -0.305. The third-order valence-corrected chi connectivity index (χ3v) is 4.03. The Morgan fingerprint density at radius 3 is 2.74 bits per heavy atom. The monoisotopic (exact) mass is 276 g/mol. The predicted octanol–water partition coefficient (Wildman–Crippen LogP) is 2.33. The molecule has 5 nitrogen and oxygen atoms in total. The smallest absolute Gasteiger partial charge is 0.314 e. The highest BCUT2D eigenvalue weighted by molar-refractivity contribution is 7.99. The molecule has 0 radical (unpaired) electrons. The first-order valence-corrected chi connectivity index (χ1v) is 6.93. The van der Waals surface area contributed by atoms with Gasteiger partial charge in [-0.05, 0) is 18.4 Å². The molecule has 1 aromatic carbocycles. The molecule has 1 aliphatic carbocycles. The highest BCUT2D eigenvalue weighted by atomic mass is 32.2. The zero-order chi connectivity index (χ0) is 13.3. The van der Waals surface area contributed by atoms with Gasteiger partial charge in [0.15, 0.2) is 5.82 Å². The molecule has 1 fully saturated rings. The normalized spacial score (nSPS) is 16.2. The Labute approximate surface area is 114 Å². The SMILES string of the molecule is O=C(O)CSc1nc(C2(c3ccccc3)CC2)no1. The molecule has 1 aromatic heterocycles. The Kier molecular flexibility index (Phi) is 3.02. The van der Waals surface area contributed by atoms with Crippen LogP contribution in [-0.2, 0) is 10.2 Å². The van der Waals surface area contributed by atoms with Crippen molar-refractivity contribution in [2.75, 3.05) is 5.75 Å². The Morgan fingerprint density at radius 1 is 1.37 bits per heavy atom. The van der Waals surface area contributed by atoms with Gasteiger partial charge < -0.3 is 9.63 Å². The van der Waals surface area contributed by atoms with Gasteiger partial charge in [-0.15, -0.1) is 0 Å². The maximum Gasteiger partial charge on any atom is 0.314 e. The zero-order valence-corrected chi connectivity index (χ0v) is 10.9. The van der Waals surface area contributed by atoms with E-state index in [-0.39, 0.29) is 11.2 Å². The van der Waals surface area contributed by atoms with Crippen molar-refractivity contribution >= 4 is 17.7 Å². The van der Waals surface area contributed by atoms with Gasteiger partial charge >= 0.3 is 5.97 Å². The molecule has 0 atom stereocenters. The molecule has 0 saturated heterocycles. The van der Waals surface area contributed by atoms with Crippen LogP contribution in [0.1, 0.15) is 24.2 Å². The van der Waals surface area contributed by atoms with Crippen molar-refractivity contribution < 1.29 is 14.4 Å². The molecular formula is C13H12N2O3S. The number of nitrogens with zero attached hydrogens (tertiary/aromatic N) is 2. The number of aliphatic carboxylic acids is 1. The summed E-state index contributed by atoms with van der Waals surface area (Å²) in [6.45, 7) is 0. The number of carbonyl (C=O) groups is 1. The molecule has 1 aliphatic rings.